The molecule has 3 nitrogen and oxygen atoms in total. The van der Waals surface area contributed by atoms with Crippen molar-refractivity contribution in [3.05, 3.63) is 64.7 Å². The van der Waals surface area contributed by atoms with Gasteiger partial charge in [-0.05, 0) is 56.5 Å². The third kappa shape index (κ3) is 5.20. The van der Waals surface area contributed by atoms with Crippen LogP contribution in [-0.2, 0) is 0 Å². The summed E-state index contributed by atoms with van der Waals surface area (Å²) in [6.45, 7) is 10.3. The van der Waals surface area contributed by atoms with E-state index in [0.717, 1.165) is 29.0 Å². The van der Waals surface area contributed by atoms with Crippen LogP contribution in [0, 0.1) is 6.92 Å². The minimum Gasteiger partial charge on any atom is -0.492 e. The minimum atomic E-state index is 0.0508. The lowest BCUT2D eigenvalue weighted by Gasteiger charge is -2.26. The lowest BCUT2D eigenvalue weighted by atomic mass is 9.96. The normalized spacial score (nSPS) is 15.1. The molecule has 0 bridgehead atoms. The van der Waals surface area contributed by atoms with Crippen LogP contribution < -0.4 is 4.74 Å². The van der Waals surface area contributed by atoms with E-state index in [0.29, 0.717) is 18.1 Å². The average molecular weight is 366 g/mol. The van der Waals surface area contributed by atoms with Crippen molar-refractivity contribution in [2.45, 2.75) is 46.0 Å². The molecular weight excluding hydrogens is 334 g/mol. The van der Waals surface area contributed by atoms with Crippen molar-refractivity contribution in [2.75, 3.05) is 26.2 Å². The molecular formula is C24H31NO2. The van der Waals surface area contributed by atoms with Crippen LogP contribution >= 0.6 is 0 Å². The second kappa shape index (κ2) is 9.18. The Bertz CT molecular complexity index is 776. The second-order valence-electron chi connectivity index (χ2n) is 7.86. The Morgan fingerprint density at radius 2 is 1.78 bits per heavy atom. The summed E-state index contributed by atoms with van der Waals surface area (Å²) < 4.78 is 6.16. The molecule has 0 spiro atoms. The van der Waals surface area contributed by atoms with Gasteiger partial charge < -0.3 is 4.74 Å². The molecule has 1 aliphatic heterocycles. The maximum Gasteiger partial charge on any atom is 0.193 e. The number of benzene rings is 2. The summed E-state index contributed by atoms with van der Waals surface area (Å²) >= 11 is 0. The summed E-state index contributed by atoms with van der Waals surface area (Å²) in [5.74, 6) is 1.26. The van der Waals surface area contributed by atoms with Gasteiger partial charge in [-0.2, -0.15) is 0 Å². The highest BCUT2D eigenvalue weighted by molar-refractivity contribution is 6.09. The van der Waals surface area contributed by atoms with Crippen LogP contribution in [0.3, 0.4) is 0 Å². The summed E-state index contributed by atoms with van der Waals surface area (Å²) in [6.07, 6.45) is 3.92. The van der Waals surface area contributed by atoms with Crippen molar-refractivity contribution >= 4 is 5.78 Å². The van der Waals surface area contributed by atoms with Gasteiger partial charge in [-0.15, -0.1) is 0 Å². The Morgan fingerprint density at radius 1 is 1.04 bits per heavy atom. The van der Waals surface area contributed by atoms with E-state index in [4.69, 9.17) is 4.74 Å². The number of ether oxygens (including phenoxy) is 1. The maximum absolute atomic E-state index is 12.9. The van der Waals surface area contributed by atoms with Gasteiger partial charge >= 0.3 is 0 Å². The Balaban J connectivity index is 1.74. The molecule has 2 aromatic rings. The second-order valence-corrected chi connectivity index (χ2v) is 7.86. The van der Waals surface area contributed by atoms with Crippen LogP contribution in [0.15, 0.2) is 42.5 Å². The van der Waals surface area contributed by atoms with Gasteiger partial charge in [0.1, 0.15) is 12.4 Å². The molecule has 1 saturated heterocycles. The molecule has 0 aromatic heterocycles. The van der Waals surface area contributed by atoms with E-state index in [9.17, 15) is 4.79 Å². The number of carbonyl (C=O) groups is 1. The van der Waals surface area contributed by atoms with Crippen LogP contribution in [-0.4, -0.2) is 36.9 Å². The average Bonchev–Trinajstić information content (AvgIpc) is 2.68. The van der Waals surface area contributed by atoms with Crippen LogP contribution in [0.5, 0.6) is 5.75 Å². The minimum absolute atomic E-state index is 0.0508. The van der Waals surface area contributed by atoms with Crippen molar-refractivity contribution in [2.24, 2.45) is 0 Å². The third-order valence-corrected chi connectivity index (χ3v) is 5.29. The molecule has 0 radical (unpaired) electrons. The quantitative estimate of drug-likeness (QED) is 0.631. The van der Waals surface area contributed by atoms with E-state index in [1.54, 1.807) is 0 Å². The zero-order valence-electron chi connectivity index (χ0n) is 16.8. The number of ketones is 1. The molecule has 1 fully saturated rings. The van der Waals surface area contributed by atoms with Gasteiger partial charge in [0.25, 0.3) is 0 Å². The first-order valence-corrected chi connectivity index (χ1v) is 10.1. The first-order valence-electron chi connectivity index (χ1n) is 10.1. The monoisotopic (exact) mass is 365 g/mol. The highest BCUT2D eigenvalue weighted by Crippen LogP contribution is 2.29. The SMILES string of the molecule is Cc1cccc(C(=O)c2ccc(C(C)C)c(OCCN3CCCCC3)c2)c1. The molecule has 2 aromatic carbocycles. The predicted molar refractivity (Wildman–Crippen MR) is 111 cm³/mol. The van der Waals surface area contributed by atoms with Crippen LogP contribution in [0.4, 0.5) is 0 Å². The highest BCUT2D eigenvalue weighted by Gasteiger charge is 2.15. The summed E-state index contributed by atoms with van der Waals surface area (Å²) in [5, 5.41) is 0. The summed E-state index contributed by atoms with van der Waals surface area (Å²) in [6, 6.07) is 13.7. The summed E-state index contributed by atoms with van der Waals surface area (Å²) in [7, 11) is 0. The molecule has 1 heterocycles. The predicted octanol–water partition coefficient (Wildman–Crippen LogP) is 5.21. The van der Waals surface area contributed by atoms with Gasteiger partial charge in [0.05, 0.1) is 0 Å². The fraction of sp³-hybridized carbons (Fsp3) is 0.458. The van der Waals surface area contributed by atoms with Crippen LogP contribution in [0.1, 0.15) is 66.1 Å². The van der Waals surface area contributed by atoms with Crippen molar-refractivity contribution in [1.82, 2.24) is 4.90 Å². The number of aryl methyl sites for hydroxylation is 1. The number of carbonyl (C=O) groups excluding carboxylic acids is 1. The van der Waals surface area contributed by atoms with E-state index >= 15 is 0 Å². The zero-order chi connectivity index (χ0) is 19.2. The third-order valence-electron chi connectivity index (χ3n) is 5.29. The maximum atomic E-state index is 12.9. The molecule has 3 heteroatoms. The van der Waals surface area contributed by atoms with Crippen molar-refractivity contribution in [1.29, 1.82) is 0 Å². The molecule has 0 N–H and O–H groups in total. The Morgan fingerprint density at radius 3 is 2.48 bits per heavy atom. The number of nitrogens with zero attached hydrogens (tertiary/aromatic N) is 1. The lowest BCUT2D eigenvalue weighted by Crippen LogP contribution is -2.33. The first-order chi connectivity index (χ1) is 13.0. The van der Waals surface area contributed by atoms with E-state index in [2.05, 4.69) is 18.7 Å². The topological polar surface area (TPSA) is 29.5 Å². The number of rotatable bonds is 7. The number of piperidine rings is 1. The Kier molecular flexibility index (Phi) is 6.68. The van der Waals surface area contributed by atoms with Gasteiger partial charge in [0.15, 0.2) is 5.78 Å². The van der Waals surface area contributed by atoms with Gasteiger partial charge in [-0.25, -0.2) is 0 Å². The number of hydrogen-bond acceptors (Lipinski definition) is 3. The fourth-order valence-corrected chi connectivity index (χ4v) is 3.70. The number of hydrogen-bond donors (Lipinski definition) is 0. The fourth-order valence-electron chi connectivity index (χ4n) is 3.70. The molecule has 0 amide bonds. The Hall–Kier alpha value is -2.13. The van der Waals surface area contributed by atoms with Gasteiger partial charge in [-0.3, -0.25) is 9.69 Å². The molecule has 3 rings (SSSR count). The van der Waals surface area contributed by atoms with Crippen LogP contribution in [0.25, 0.3) is 0 Å². The standard InChI is InChI=1S/C24H31NO2/c1-18(2)22-11-10-21(24(26)20-9-7-8-19(3)16-20)17-23(22)27-15-14-25-12-5-4-6-13-25/h7-11,16-18H,4-6,12-15H2,1-3H3. The molecule has 0 saturated carbocycles. The summed E-state index contributed by atoms with van der Waals surface area (Å²) in [4.78, 5) is 15.4. The van der Waals surface area contributed by atoms with Crippen LogP contribution in [0.2, 0.25) is 0 Å². The van der Waals surface area contributed by atoms with Crippen molar-refractivity contribution < 1.29 is 9.53 Å². The van der Waals surface area contributed by atoms with E-state index in [1.165, 1.54) is 32.4 Å². The van der Waals surface area contributed by atoms with E-state index < -0.39 is 0 Å². The molecule has 0 aliphatic carbocycles. The highest BCUT2D eigenvalue weighted by atomic mass is 16.5. The van der Waals surface area contributed by atoms with E-state index in [1.807, 2.05) is 49.4 Å². The Labute approximate surface area is 163 Å². The summed E-state index contributed by atoms with van der Waals surface area (Å²) in [5.41, 5.74) is 3.68. The molecule has 27 heavy (non-hydrogen) atoms. The molecule has 0 unspecified atom stereocenters. The molecule has 144 valence electrons. The van der Waals surface area contributed by atoms with Gasteiger partial charge in [0, 0.05) is 17.7 Å². The van der Waals surface area contributed by atoms with Gasteiger partial charge in [-0.1, -0.05) is 56.2 Å². The van der Waals surface area contributed by atoms with Crippen molar-refractivity contribution in [3.8, 4) is 5.75 Å². The largest absolute Gasteiger partial charge is 0.492 e. The molecule has 1 aliphatic rings. The first kappa shape index (κ1) is 19.6. The van der Waals surface area contributed by atoms with Crippen molar-refractivity contribution in [3.63, 3.8) is 0 Å². The zero-order valence-corrected chi connectivity index (χ0v) is 16.8. The smallest absolute Gasteiger partial charge is 0.193 e. The molecule has 0 atom stereocenters. The lowest BCUT2D eigenvalue weighted by molar-refractivity contribution is 0.103. The van der Waals surface area contributed by atoms with Gasteiger partial charge in [0.2, 0.25) is 0 Å². The van der Waals surface area contributed by atoms with E-state index in [-0.39, 0.29) is 5.78 Å². The number of likely N-dealkylation sites (tertiary alicyclic amines) is 1.